The van der Waals surface area contributed by atoms with E-state index in [0.29, 0.717) is 0 Å². The highest BCUT2D eigenvalue weighted by molar-refractivity contribution is 7.92. The Bertz CT molecular complexity index is 1310. The standard InChI is InChI=1S/C19H15ClFN5O2S2/c20-14-6-17(30(27,28)26-18-9-29-10-24-18)15(21)7-16(14)25-19(22)12-3-1-2-11-4-5-23-8-13(11)12/h1-10,19,25-26H,22H2/t19-/m1/s1. The Hall–Kier alpha value is -2.79. The smallest absolute Gasteiger partial charge is 0.266 e. The quantitative estimate of drug-likeness (QED) is 0.366. The second-order valence-corrected chi connectivity index (χ2v) is 9.08. The van der Waals surface area contributed by atoms with E-state index < -0.39 is 26.9 Å². The van der Waals surface area contributed by atoms with Crippen LogP contribution in [0.5, 0.6) is 0 Å². The number of pyridine rings is 1. The molecule has 4 N–H and O–H groups in total. The van der Waals surface area contributed by atoms with Crippen molar-refractivity contribution < 1.29 is 12.8 Å². The fourth-order valence-corrected chi connectivity index (χ4v) is 4.88. The number of anilines is 2. The van der Waals surface area contributed by atoms with Crippen LogP contribution in [0, 0.1) is 5.82 Å². The van der Waals surface area contributed by atoms with Crippen LogP contribution in [0.4, 0.5) is 15.9 Å². The van der Waals surface area contributed by atoms with E-state index in [9.17, 15) is 12.8 Å². The first-order valence-corrected chi connectivity index (χ1v) is 11.4. The topological polar surface area (TPSA) is 110 Å². The Morgan fingerprint density at radius 3 is 2.83 bits per heavy atom. The predicted octanol–water partition coefficient (Wildman–Crippen LogP) is 4.35. The van der Waals surface area contributed by atoms with Crippen LogP contribution in [0.2, 0.25) is 5.02 Å². The van der Waals surface area contributed by atoms with Gasteiger partial charge in [-0.05, 0) is 29.1 Å². The van der Waals surface area contributed by atoms with Crippen molar-refractivity contribution in [2.45, 2.75) is 11.1 Å². The lowest BCUT2D eigenvalue weighted by Gasteiger charge is -2.19. The highest BCUT2D eigenvalue weighted by Gasteiger charge is 2.23. The second-order valence-electron chi connectivity index (χ2n) is 6.31. The van der Waals surface area contributed by atoms with Gasteiger partial charge in [-0.25, -0.2) is 17.8 Å². The first kappa shape index (κ1) is 20.5. The van der Waals surface area contributed by atoms with Crippen molar-refractivity contribution in [1.29, 1.82) is 0 Å². The van der Waals surface area contributed by atoms with E-state index in [0.717, 1.165) is 28.5 Å². The van der Waals surface area contributed by atoms with Crippen molar-refractivity contribution in [3.05, 3.63) is 76.1 Å². The van der Waals surface area contributed by atoms with Crippen LogP contribution in [-0.2, 0) is 10.0 Å². The number of benzene rings is 2. The van der Waals surface area contributed by atoms with Gasteiger partial charge in [0, 0.05) is 23.2 Å². The molecular formula is C19H15ClFN5O2S2. The van der Waals surface area contributed by atoms with E-state index in [1.54, 1.807) is 12.4 Å². The number of halogens is 2. The largest absolute Gasteiger partial charge is 0.365 e. The summed E-state index contributed by atoms with van der Waals surface area (Å²) in [5, 5.41) is 6.22. The van der Waals surface area contributed by atoms with Crippen LogP contribution in [0.15, 0.2) is 64.6 Å². The van der Waals surface area contributed by atoms with Gasteiger partial charge in [-0.3, -0.25) is 9.71 Å². The van der Waals surface area contributed by atoms with Gasteiger partial charge < -0.3 is 11.1 Å². The molecule has 4 rings (SSSR count). The van der Waals surface area contributed by atoms with Gasteiger partial charge in [0.05, 0.1) is 16.2 Å². The van der Waals surface area contributed by atoms with Crippen LogP contribution < -0.4 is 15.8 Å². The molecule has 4 aromatic rings. The second kappa shape index (κ2) is 8.15. The molecule has 1 atom stereocenters. The molecule has 11 heteroatoms. The van der Waals surface area contributed by atoms with Gasteiger partial charge in [-0.2, -0.15) is 0 Å². The van der Waals surface area contributed by atoms with Crippen molar-refractivity contribution >= 4 is 55.2 Å². The summed E-state index contributed by atoms with van der Waals surface area (Å²) in [6.07, 6.45) is 2.63. The molecule has 0 bridgehead atoms. The van der Waals surface area contributed by atoms with Crippen molar-refractivity contribution in [2.75, 3.05) is 10.0 Å². The monoisotopic (exact) mass is 463 g/mol. The van der Waals surface area contributed by atoms with E-state index in [1.807, 2.05) is 24.3 Å². The summed E-state index contributed by atoms with van der Waals surface area (Å²) in [5.41, 5.74) is 8.62. The number of rotatable bonds is 6. The van der Waals surface area contributed by atoms with Crippen LogP contribution in [-0.4, -0.2) is 18.4 Å². The lowest BCUT2D eigenvalue weighted by molar-refractivity contribution is 0.570. The summed E-state index contributed by atoms with van der Waals surface area (Å²) in [6.45, 7) is 0. The third kappa shape index (κ3) is 4.08. The molecule has 0 radical (unpaired) electrons. The maximum absolute atomic E-state index is 14.7. The molecule has 0 amide bonds. The Balaban J connectivity index is 1.63. The lowest BCUT2D eigenvalue weighted by atomic mass is 10.0. The number of aromatic nitrogens is 2. The Labute approximate surface area is 180 Å². The fraction of sp³-hybridized carbons (Fsp3) is 0.0526. The number of hydrogen-bond acceptors (Lipinski definition) is 7. The molecule has 0 unspecified atom stereocenters. The van der Waals surface area contributed by atoms with E-state index in [1.165, 1.54) is 22.2 Å². The number of thiazole rings is 1. The molecule has 0 aliphatic rings. The Morgan fingerprint density at radius 1 is 1.23 bits per heavy atom. The van der Waals surface area contributed by atoms with E-state index in [4.69, 9.17) is 17.3 Å². The number of nitrogens with two attached hydrogens (primary N) is 1. The Morgan fingerprint density at radius 2 is 2.07 bits per heavy atom. The van der Waals surface area contributed by atoms with Crippen molar-refractivity contribution in [3.8, 4) is 0 Å². The number of nitrogens with zero attached hydrogens (tertiary/aromatic N) is 2. The minimum Gasteiger partial charge on any atom is -0.365 e. The molecule has 30 heavy (non-hydrogen) atoms. The van der Waals surface area contributed by atoms with Gasteiger partial charge >= 0.3 is 0 Å². The molecule has 0 saturated carbocycles. The zero-order valence-electron chi connectivity index (χ0n) is 15.2. The number of nitrogens with one attached hydrogen (secondary N) is 2. The predicted molar refractivity (Wildman–Crippen MR) is 117 cm³/mol. The SMILES string of the molecule is N[C@H](Nc1cc(F)c(S(=O)(=O)Nc2cscn2)cc1Cl)c1cccc2ccncc12. The summed E-state index contributed by atoms with van der Waals surface area (Å²) >= 11 is 7.44. The highest BCUT2D eigenvalue weighted by atomic mass is 35.5. The lowest BCUT2D eigenvalue weighted by Crippen LogP contribution is -2.21. The molecule has 2 heterocycles. The molecule has 0 saturated heterocycles. The number of sulfonamides is 1. The summed E-state index contributed by atoms with van der Waals surface area (Å²) in [7, 11) is -4.20. The van der Waals surface area contributed by atoms with Gasteiger partial charge in [0.1, 0.15) is 16.9 Å². The third-order valence-electron chi connectivity index (χ3n) is 4.35. The van der Waals surface area contributed by atoms with Gasteiger partial charge in [0.25, 0.3) is 10.0 Å². The molecule has 0 aliphatic carbocycles. The first-order valence-electron chi connectivity index (χ1n) is 8.60. The summed E-state index contributed by atoms with van der Waals surface area (Å²) in [5.74, 6) is -0.874. The molecule has 0 aliphatic heterocycles. The average molecular weight is 464 g/mol. The molecule has 0 fully saturated rings. The van der Waals surface area contributed by atoms with Crippen LogP contribution in [0.25, 0.3) is 10.8 Å². The fourth-order valence-electron chi connectivity index (χ4n) is 2.95. The van der Waals surface area contributed by atoms with Crippen molar-refractivity contribution in [3.63, 3.8) is 0 Å². The molecular weight excluding hydrogens is 449 g/mol. The molecule has 2 aromatic carbocycles. The maximum atomic E-state index is 14.7. The molecule has 2 aromatic heterocycles. The van der Waals surface area contributed by atoms with Crippen LogP contribution in [0.1, 0.15) is 11.7 Å². The maximum Gasteiger partial charge on any atom is 0.266 e. The van der Waals surface area contributed by atoms with E-state index in [-0.39, 0.29) is 16.5 Å². The summed E-state index contributed by atoms with van der Waals surface area (Å²) in [6, 6.07) is 9.48. The van der Waals surface area contributed by atoms with Crippen molar-refractivity contribution in [1.82, 2.24) is 9.97 Å². The minimum absolute atomic E-state index is 0.00358. The van der Waals surface area contributed by atoms with Gasteiger partial charge in [-0.1, -0.05) is 29.8 Å². The normalized spacial score (nSPS) is 12.6. The molecule has 154 valence electrons. The number of hydrogen-bond donors (Lipinski definition) is 3. The minimum atomic E-state index is -4.20. The van der Waals surface area contributed by atoms with E-state index >= 15 is 0 Å². The highest BCUT2D eigenvalue weighted by Crippen LogP contribution is 2.32. The van der Waals surface area contributed by atoms with Crippen LogP contribution >= 0.6 is 22.9 Å². The molecule has 7 nitrogen and oxygen atoms in total. The van der Waals surface area contributed by atoms with Crippen molar-refractivity contribution in [2.24, 2.45) is 5.73 Å². The number of fused-ring (bicyclic) bond motifs is 1. The third-order valence-corrected chi connectivity index (χ3v) is 6.61. The zero-order chi connectivity index (χ0) is 21.3. The zero-order valence-corrected chi connectivity index (χ0v) is 17.6. The first-order chi connectivity index (χ1) is 14.3. The Kier molecular flexibility index (Phi) is 5.56. The summed E-state index contributed by atoms with van der Waals surface area (Å²) < 4.78 is 41.8. The van der Waals surface area contributed by atoms with Crippen LogP contribution in [0.3, 0.4) is 0 Å². The molecule has 0 spiro atoms. The van der Waals surface area contributed by atoms with E-state index in [2.05, 4.69) is 20.0 Å². The van der Waals surface area contributed by atoms with Gasteiger partial charge in [0.2, 0.25) is 0 Å². The van der Waals surface area contributed by atoms with Gasteiger partial charge in [-0.15, -0.1) is 11.3 Å². The average Bonchev–Trinajstić information content (AvgIpc) is 3.22. The summed E-state index contributed by atoms with van der Waals surface area (Å²) in [4.78, 5) is 7.36. The van der Waals surface area contributed by atoms with Gasteiger partial charge in [0.15, 0.2) is 5.82 Å².